The summed E-state index contributed by atoms with van der Waals surface area (Å²) < 4.78 is 28.3. The number of aromatic nitrogens is 1. The van der Waals surface area contributed by atoms with Crippen LogP contribution in [0, 0.1) is 25.5 Å². The van der Waals surface area contributed by atoms with Crippen LogP contribution in [0.1, 0.15) is 27.2 Å². The van der Waals surface area contributed by atoms with Gasteiger partial charge in [0, 0.05) is 24.0 Å². The van der Waals surface area contributed by atoms with Crippen LogP contribution in [0.3, 0.4) is 0 Å². The van der Waals surface area contributed by atoms with Gasteiger partial charge in [0.2, 0.25) is 0 Å². The van der Waals surface area contributed by atoms with Gasteiger partial charge in [0.1, 0.15) is 16.6 Å². The summed E-state index contributed by atoms with van der Waals surface area (Å²) in [6, 6.07) is 3.44. The first-order valence-corrected chi connectivity index (χ1v) is 9.12. The van der Waals surface area contributed by atoms with Crippen LogP contribution >= 0.6 is 11.3 Å². The van der Waals surface area contributed by atoms with Gasteiger partial charge >= 0.3 is 0 Å². The fraction of sp³-hybridized carbons (Fsp3) is 0.444. The van der Waals surface area contributed by atoms with Crippen molar-refractivity contribution in [3.63, 3.8) is 0 Å². The molecule has 0 aliphatic carbocycles. The maximum absolute atomic E-state index is 14.1. The van der Waals surface area contributed by atoms with Crippen LogP contribution < -0.4 is 10.6 Å². The molecule has 0 saturated heterocycles. The zero-order chi connectivity index (χ0) is 19.3. The Kier molecular flexibility index (Phi) is 7.05. The van der Waals surface area contributed by atoms with Crippen LogP contribution in [0.2, 0.25) is 0 Å². The van der Waals surface area contributed by atoms with Gasteiger partial charge < -0.3 is 15.5 Å². The number of aliphatic imine (C=N–C) groups is 1. The number of hydrogen-bond donors (Lipinski definition) is 2. The van der Waals surface area contributed by atoms with E-state index in [-0.39, 0.29) is 5.56 Å². The standard InChI is InChI=1S/C18H25F2N5S/c1-11-12(2)26-16(24-11)10-23-18(21-3)22-9-15(25(4)5)17-13(19)7-6-8-14(17)20/h6-8,15H,9-10H2,1-5H3,(H2,21,22,23). The Morgan fingerprint density at radius 3 is 2.38 bits per heavy atom. The van der Waals surface area contributed by atoms with Gasteiger partial charge in [0.05, 0.1) is 18.3 Å². The van der Waals surface area contributed by atoms with Crippen molar-refractivity contribution in [2.75, 3.05) is 27.7 Å². The molecule has 2 aromatic rings. The van der Waals surface area contributed by atoms with Gasteiger partial charge in [0.25, 0.3) is 0 Å². The number of thiazole rings is 1. The van der Waals surface area contributed by atoms with Crippen LogP contribution in [0.5, 0.6) is 0 Å². The van der Waals surface area contributed by atoms with Crippen molar-refractivity contribution in [1.29, 1.82) is 0 Å². The van der Waals surface area contributed by atoms with E-state index >= 15 is 0 Å². The minimum atomic E-state index is -0.554. The number of benzene rings is 1. The molecule has 1 aromatic carbocycles. The summed E-state index contributed by atoms with van der Waals surface area (Å²) in [5.41, 5.74) is 1.07. The molecule has 0 spiro atoms. The van der Waals surface area contributed by atoms with Crippen molar-refractivity contribution in [2.24, 2.45) is 4.99 Å². The van der Waals surface area contributed by atoms with E-state index < -0.39 is 17.7 Å². The Morgan fingerprint density at radius 2 is 1.88 bits per heavy atom. The first-order valence-electron chi connectivity index (χ1n) is 8.31. The number of aryl methyl sites for hydroxylation is 2. The lowest BCUT2D eigenvalue weighted by molar-refractivity contribution is 0.282. The van der Waals surface area contributed by atoms with Crippen LogP contribution in [0.25, 0.3) is 0 Å². The largest absolute Gasteiger partial charge is 0.354 e. The molecule has 8 heteroatoms. The third-order valence-electron chi connectivity index (χ3n) is 4.12. The van der Waals surface area contributed by atoms with Crippen molar-refractivity contribution in [3.8, 4) is 0 Å². The van der Waals surface area contributed by atoms with Gasteiger partial charge in [-0.2, -0.15) is 0 Å². The number of rotatable bonds is 6. The summed E-state index contributed by atoms with van der Waals surface area (Å²) in [5.74, 6) is -0.552. The second-order valence-electron chi connectivity index (χ2n) is 6.17. The van der Waals surface area contributed by atoms with Gasteiger partial charge in [-0.1, -0.05) is 6.07 Å². The van der Waals surface area contributed by atoms with E-state index in [1.54, 1.807) is 37.4 Å². The highest BCUT2D eigenvalue weighted by Gasteiger charge is 2.22. The number of guanidine groups is 1. The minimum Gasteiger partial charge on any atom is -0.354 e. The highest BCUT2D eigenvalue weighted by Crippen LogP contribution is 2.23. The molecular formula is C18H25F2N5S. The van der Waals surface area contributed by atoms with Crippen molar-refractivity contribution < 1.29 is 8.78 Å². The lowest BCUT2D eigenvalue weighted by Crippen LogP contribution is -2.41. The molecular weight excluding hydrogens is 356 g/mol. The van der Waals surface area contributed by atoms with E-state index in [1.807, 2.05) is 13.8 Å². The molecule has 0 bridgehead atoms. The molecule has 0 fully saturated rings. The SMILES string of the molecule is CN=C(NCc1nc(C)c(C)s1)NCC(c1c(F)cccc1F)N(C)C. The Labute approximate surface area is 157 Å². The molecule has 1 atom stereocenters. The molecule has 0 aliphatic heterocycles. The summed E-state index contributed by atoms with van der Waals surface area (Å²) in [5, 5.41) is 7.28. The van der Waals surface area contributed by atoms with Crippen molar-refractivity contribution in [2.45, 2.75) is 26.4 Å². The predicted molar refractivity (Wildman–Crippen MR) is 103 cm³/mol. The van der Waals surface area contributed by atoms with Gasteiger partial charge in [-0.25, -0.2) is 13.8 Å². The summed E-state index contributed by atoms with van der Waals surface area (Å²) in [6.07, 6.45) is 0. The summed E-state index contributed by atoms with van der Waals surface area (Å²) in [6.45, 7) is 4.86. The first-order chi connectivity index (χ1) is 12.3. The Balaban J connectivity index is 2.02. The van der Waals surface area contributed by atoms with Crippen LogP contribution in [0.4, 0.5) is 8.78 Å². The third-order valence-corrected chi connectivity index (χ3v) is 5.20. The van der Waals surface area contributed by atoms with E-state index in [0.29, 0.717) is 19.0 Å². The molecule has 1 heterocycles. The fourth-order valence-electron chi connectivity index (χ4n) is 2.56. The van der Waals surface area contributed by atoms with Gasteiger partial charge in [-0.05, 0) is 40.1 Å². The molecule has 5 nitrogen and oxygen atoms in total. The maximum Gasteiger partial charge on any atom is 0.191 e. The number of halogens is 2. The maximum atomic E-state index is 14.1. The lowest BCUT2D eigenvalue weighted by atomic mass is 10.0. The van der Waals surface area contributed by atoms with Gasteiger partial charge in [-0.3, -0.25) is 4.99 Å². The zero-order valence-electron chi connectivity index (χ0n) is 15.7. The summed E-state index contributed by atoms with van der Waals surface area (Å²) in [4.78, 5) is 11.6. The quantitative estimate of drug-likeness (QED) is 0.597. The van der Waals surface area contributed by atoms with E-state index in [2.05, 4.69) is 20.6 Å². The normalized spacial score (nSPS) is 13.2. The molecule has 2 rings (SSSR count). The van der Waals surface area contributed by atoms with E-state index in [9.17, 15) is 8.78 Å². The first kappa shape index (κ1) is 20.3. The van der Waals surface area contributed by atoms with Crippen molar-refractivity contribution >= 4 is 17.3 Å². The Hall–Kier alpha value is -2.06. The average molecular weight is 381 g/mol. The number of likely N-dealkylation sites (N-methyl/N-ethyl adjacent to an activating group) is 1. The molecule has 0 amide bonds. The molecule has 142 valence electrons. The molecule has 2 N–H and O–H groups in total. The number of hydrogen-bond acceptors (Lipinski definition) is 4. The molecule has 0 radical (unpaired) electrons. The van der Waals surface area contributed by atoms with Crippen LogP contribution in [0.15, 0.2) is 23.2 Å². The van der Waals surface area contributed by atoms with Crippen molar-refractivity contribution in [3.05, 3.63) is 51.0 Å². The highest BCUT2D eigenvalue weighted by molar-refractivity contribution is 7.11. The smallest absolute Gasteiger partial charge is 0.191 e. The average Bonchev–Trinajstić information content (AvgIpc) is 2.90. The van der Waals surface area contributed by atoms with E-state index in [1.165, 1.54) is 23.1 Å². The molecule has 0 aliphatic rings. The predicted octanol–water partition coefficient (Wildman–Crippen LogP) is 3.01. The van der Waals surface area contributed by atoms with Crippen LogP contribution in [-0.4, -0.2) is 43.5 Å². The van der Waals surface area contributed by atoms with Crippen molar-refractivity contribution in [1.82, 2.24) is 20.5 Å². The second kappa shape index (κ2) is 9.05. The number of nitrogens with zero attached hydrogens (tertiary/aromatic N) is 3. The Bertz CT molecular complexity index is 733. The fourth-order valence-corrected chi connectivity index (χ4v) is 3.43. The molecule has 1 unspecified atom stereocenters. The summed E-state index contributed by atoms with van der Waals surface area (Å²) >= 11 is 1.63. The second-order valence-corrected chi connectivity index (χ2v) is 7.46. The number of nitrogens with one attached hydrogen (secondary N) is 2. The van der Waals surface area contributed by atoms with Gasteiger partial charge in [-0.15, -0.1) is 11.3 Å². The minimum absolute atomic E-state index is 0.0478. The monoisotopic (exact) mass is 381 g/mol. The van der Waals surface area contributed by atoms with Gasteiger partial charge in [0.15, 0.2) is 5.96 Å². The Morgan fingerprint density at radius 1 is 1.23 bits per heavy atom. The topological polar surface area (TPSA) is 52.6 Å². The van der Waals surface area contributed by atoms with Crippen LogP contribution in [-0.2, 0) is 6.54 Å². The lowest BCUT2D eigenvalue weighted by Gasteiger charge is -2.26. The molecule has 1 aromatic heterocycles. The summed E-state index contributed by atoms with van der Waals surface area (Å²) in [7, 11) is 5.23. The molecule has 26 heavy (non-hydrogen) atoms. The zero-order valence-corrected chi connectivity index (χ0v) is 16.5. The highest BCUT2D eigenvalue weighted by atomic mass is 32.1. The van der Waals surface area contributed by atoms with E-state index in [0.717, 1.165) is 10.7 Å². The molecule has 0 saturated carbocycles. The third kappa shape index (κ3) is 4.98. The van der Waals surface area contributed by atoms with E-state index in [4.69, 9.17) is 0 Å².